The molecule has 7 nitrogen and oxygen atoms in total. The topological polar surface area (TPSA) is 99.4 Å². The quantitative estimate of drug-likeness (QED) is 0.351. The highest BCUT2D eigenvalue weighted by Crippen LogP contribution is 2.24. The smallest absolute Gasteiger partial charge is 0.320 e. The average Bonchev–Trinajstić information content (AvgIpc) is 2.80. The molecule has 2 N–H and O–H groups in total. The molecule has 1 saturated heterocycles. The van der Waals surface area contributed by atoms with E-state index in [1.54, 1.807) is 37.3 Å². The molecule has 0 aliphatic carbocycles. The minimum absolute atomic E-state index is 0.0985. The number of carboxylic acid groups (broad SMARTS) is 1. The number of aliphatic hydroxyl groups excluding tert-OH is 1. The minimum atomic E-state index is -1.63. The normalized spacial score (nSPS) is 16.0. The average molecular weight is 442 g/mol. The highest BCUT2D eigenvalue weighted by atomic mass is 19.1. The lowest BCUT2D eigenvalue weighted by Crippen LogP contribution is -2.36. The fourth-order valence-electron chi connectivity index (χ4n) is 3.69. The van der Waals surface area contributed by atoms with Gasteiger partial charge in [-0.05, 0) is 30.2 Å². The van der Waals surface area contributed by atoms with Crippen molar-refractivity contribution in [3.8, 4) is 0 Å². The van der Waals surface area contributed by atoms with Crippen molar-refractivity contribution in [2.75, 3.05) is 26.3 Å². The van der Waals surface area contributed by atoms with Crippen LogP contribution in [0.5, 0.6) is 0 Å². The van der Waals surface area contributed by atoms with Crippen LogP contribution in [0.3, 0.4) is 0 Å². The lowest BCUT2D eigenvalue weighted by atomic mass is 9.90. The zero-order valence-electron chi connectivity index (χ0n) is 18.0. The van der Waals surface area contributed by atoms with E-state index in [2.05, 4.69) is 9.89 Å². The SMILES string of the molecule is CCC(=Nc1ccccc1CO)C(C(=O)O)C(=O)c1cc(CN2CCOCC2)ccc1F. The molecule has 3 rings (SSSR count). The van der Waals surface area contributed by atoms with Crippen molar-refractivity contribution in [2.45, 2.75) is 26.5 Å². The molecule has 32 heavy (non-hydrogen) atoms. The first-order valence-corrected chi connectivity index (χ1v) is 10.6. The molecule has 1 heterocycles. The van der Waals surface area contributed by atoms with Gasteiger partial charge in [-0.25, -0.2) is 4.39 Å². The molecule has 0 saturated carbocycles. The summed E-state index contributed by atoms with van der Waals surface area (Å²) in [5.74, 6) is -4.63. The largest absolute Gasteiger partial charge is 0.480 e. The van der Waals surface area contributed by atoms with E-state index in [0.29, 0.717) is 31.0 Å². The van der Waals surface area contributed by atoms with Crippen LogP contribution in [0, 0.1) is 11.7 Å². The van der Waals surface area contributed by atoms with Crippen LogP contribution in [0.1, 0.15) is 34.8 Å². The van der Waals surface area contributed by atoms with Crippen molar-refractivity contribution >= 4 is 23.2 Å². The highest BCUT2D eigenvalue weighted by molar-refractivity contribution is 6.24. The maximum absolute atomic E-state index is 14.6. The third-order valence-electron chi connectivity index (χ3n) is 5.44. The third-order valence-corrected chi connectivity index (χ3v) is 5.44. The van der Waals surface area contributed by atoms with Crippen LogP contribution in [0.2, 0.25) is 0 Å². The number of morpholine rings is 1. The molecule has 0 spiro atoms. The van der Waals surface area contributed by atoms with Gasteiger partial charge >= 0.3 is 5.97 Å². The van der Waals surface area contributed by atoms with E-state index < -0.39 is 23.5 Å². The second kappa shape index (κ2) is 11.1. The Labute approximate surface area is 186 Å². The number of carbonyl (C=O) groups is 2. The summed E-state index contributed by atoms with van der Waals surface area (Å²) in [7, 11) is 0. The van der Waals surface area contributed by atoms with E-state index in [-0.39, 0.29) is 24.3 Å². The van der Waals surface area contributed by atoms with E-state index in [4.69, 9.17) is 4.74 Å². The maximum atomic E-state index is 14.6. The highest BCUT2D eigenvalue weighted by Gasteiger charge is 2.33. The van der Waals surface area contributed by atoms with Crippen molar-refractivity contribution in [3.05, 3.63) is 65.0 Å². The van der Waals surface area contributed by atoms with Crippen LogP contribution in [-0.2, 0) is 22.7 Å². The first-order chi connectivity index (χ1) is 15.4. The van der Waals surface area contributed by atoms with E-state index >= 15 is 0 Å². The Morgan fingerprint density at radius 2 is 1.91 bits per heavy atom. The Morgan fingerprint density at radius 3 is 2.56 bits per heavy atom. The summed E-state index contributed by atoms with van der Waals surface area (Å²) in [6, 6.07) is 11.0. The lowest BCUT2D eigenvalue weighted by molar-refractivity contribution is -0.138. The van der Waals surface area contributed by atoms with E-state index in [1.807, 2.05) is 0 Å². The number of aliphatic carboxylic acids is 1. The standard InChI is InChI=1S/C24H27FN2O5/c1-2-20(26-21-6-4-3-5-17(21)15-28)22(24(30)31)23(29)18-13-16(7-8-19(18)25)14-27-9-11-32-12-10-27/h3-8,13,22,28H,2,9-12,14-15H2,1H3,(H,30,31). The number of halogens is 1. The molecule has 0 bridgehead atoms. The third kappa shape index (κ3) is 5.64. The Hall–Kier alpha value is -2.94. The molecule has 1 unspecified atom stereocenters. The predicted molar refractivity (Wildman–Crippen MR) is 118 cm³/mol. The van der Waals surface area contributed by atoms with Gasteiger partial charge in [0.2, 0.25) is 0 Å². The Balaban J connectivity index is 1.93. The Bertz CT molecular complexity index is 1000. The lowest BCUT2D eigenvalue weighted by Gasteiger charge is -2.26. The Kier molecular flexibility index (Phi) is 8.21. The molecule has 1 aliphatic heterocycles. The number of carboxylic acids is 1. The number of aliphatic hydroxyl groups is 1. The van der Waals surface area contributed by atoms with E-state index in [1.165, 1.54) is 12.1 Å². The van der Waals surface area contributed by atoms with Gasteiger partial charge in [0.05, 0.1) is 31.1 Å². The monoisotopic (exact) mass is 442 g/mol. The summed E-state index contributed by atoms with van der Waals surface area (Å²) in [6.45, 7) is 4.61. The van der Waals surface area contributed by atoms with Gasteiger partial charge in [-0.3, -0.25) is 19.5 Å². The number of para-hydroxylation sites is 1. The van der Waals surface area contributed by atoms with Crippen LogP contribution in [-0.4, -0.2) is 58.9 Å². The number of Topliss-reactive ketones (excluding diaryl/α,β-unsaturated/α-hetero) is 1. The second-order valence-electron chi connectivity index (χ2n) is 7.58. The molecule has 170 valence electrons. The van der Waals surface area contributed by atoms with Gasteiger partial charge in [-0.2, -0.15) is 0 Å². The molecule has 8 heteroatoms. The number of hydrogen-bond acceptors (Lipinski definition) is 6. The summed E-state index contributed by atoms with van der Waals surface area (Å²) < 4.78 is 19.9. The van der Waals surface area contributed by atoms with Crippen molar-refractivity contribution in [3.63, 3.8) is 0 Å². The first-order valence-electron chi connectivity index (χ1n) is 10.6. The number of nitrogens with zero attached hydrogens (tertiary/aromatic N) is 2. The fraction of sp³-hybridized carbons (Fsp3) is 0.375. The van der Waals surface area contributed by atoms with Gasteiger partial charge in [0.25, 0.3) is 0 Å². The van der Waals surface area contributed by atoms with Crippen LogP contribution in [0.15, 0.2) is 47.5 Å². The number of ether oxygens (including phenoxy) is 1. The van der Waals surface area contributed by atoms with Gasteiger partial charge in [-0.15, -0.1) is 0 Å². The van der Waals surface area contributed by atoms with Crippen LogP contribution >= 0.6 is 0 Å². The van der Waals surface area contributed by atoms with Crippen molar-refractivity contribution in [1.29, 1.82) is 0 Å². The molecule has 2 aromatic rings. The number of ketones is 1. The number of rotatable bonds is 9. The summed E-state index contributed by atoms with van der Waals surface area (Å²) in [5, 5.41) is 19.4. The summed E-state index contributed by atoms with van der Waals surface area (Å²) >= 11 is 0. The molecule has 0 aromatic heterocycles. The van der Waals surface area contributed by atoms with E-state index in [9.17, 15) is 24.2 Å². The number of hydrogen-bond donors (Lipinski definition) is 2. The maximum Gasteiger partial charge on any atom is 0.320 e. The van der Waals surface area contributed by atoms with Gasteiger partial charge in [-0.1, -0.05) is 31.2 Å². The van der Waals surface area contributed by atoms with Gasteiger partial charge in [0.15, 0.2) is 11.7 Å². The van der Waals surface area contributed by atoms with Crippen LogP contribution in [0.4, 0.5) is 10.1 Å². The number of aliphatic imine (C=N–C) groups is 1. The molecule has 0 amide bonds. The van der Waals surface area contributed by atoms with Crippen molar-refractivity contribution in [1.82, 2.24) is 4.90 Å². The zero-order valence-corrected chi connectivity index (χ0v) is 18.0. The van der Waals surface area contributed by atoms with Crippen molar-refractivity contribution < 1.29 is 28.9 Å². The summed E-state index contributed by atoms with van der Waals surface area (Å²) in [6.07, 6.45) is 0.178. The second-order valence-corrected chi connectivity index (χ2v) is 7.58. The Morgan fingerprint density at radius 1 is 1.19 bits per heavy atom. The van der Waals surface area contributed by atoms with E-state index in [0.717, 1.165) is 18.7 Å². The summed E-state index contributed by atoms with van der Waals surface area (Å²) in [4.78, 5) is 31.8. The fourth-order valence-corrected chi connectivity index (χ4v) is 3.69. The molecule has 2 aromatic carbocycles. The zero-order chi connectivity index (χ0) is 23.1. The van der Waals surface area contributed by atoms with Gasteiger partial charge < -0.3 is 14.9 Å². The summed E-state index contributed by atoms with van der Waals surface area (Å²) in [5.41, 5.74) is 1.45. The molecule has 1 aliphatic rings. The molecule has 0 radical (unpaired) electrons. The molecule has 1 atom stereocenters. The van der Waals surface area contributed by atoms with Crippen LogP contribution in [0.25, 0.3) is 0 Å². The van der Waals surface area contributed by atoms with Gasteiger partial charge in [0.1, 0.15) is 5.82 Å². The molecular weight excluding hydrogens is 415 g/mol. The van der Waals surface area contributed by atoms with Crippen LogP contribution < -0.4 is 0 Å². The van der Waals surface area contributed by atoms with Crippen molar-refractivity contribution in [2.24, 2.45) is 10.9 Å². The first kappa shape index (κ1) is 23.7. The molecule has 1 fully saturated rings. The molecular formula is C24H27FN2O5. The number of carbonyl (C=O) groups excluding carboxylic acids is 1. The number of benzene rings is 2. The predicted octanol–water partition coefficient (Wildman–Crippen LogP) is 3.22. The van der Waals surface area contributed by atoms with Gasteiger partial charge in [0, 0.05) is 30.9 Å². The minimum Gasteiger partial charge on any atom is -0.480 e.